The molecule has 0 spiro atoms. The van der Waals surface area contributed by atoms with Crippen molar-refractivity contribution < 1.29 is 4.79 Å². The minimum atomic E-state index is 0.174. The molecule has 104 valence electrons. The molecular formula is C16H24N2O. The third kappa shape index (κ3) is 3.09. The molecule has 1 aliphatic heterocycles. The maximum absolute atomic E-state index is 12.7. The molecule has 1 atom stereocenters. The minimum Gasteiger partial charge on any atom is -0.382 e. The van der Waals surface area contributed by atoms with Crippen molar-refractivity contribution in [1.29, 1.82) is 0 Å². The van der Waals surface area contributed by atoms with E-state index in [2.05, 4.69) is 26.1 Å². The highest BCUT2D eigenvalue weighted by molar-refractivity contribution is 6.00. The smallest absolute Gasteiger partial charge is 0.256 e. The van der Waals surface area contributed by atoms with Crippen molar-refractivity contribution in [1.82, 2.24) is 4.90 Å². The number of nitrogens with zero attached hydrogens (tertiary/aromatic N) is 1. The molecule has 19 heavy (non-hydrogen) atoms. The van der Waals surface area contributed by atoms with Gasteiger partial charge in [-0.3, -0.25) is 4.79 Å². The first kappa shape index (κ1) is 13.9. The van der Waals surface area contributed by atoms with Gasteiger partial charge in [0.05, 0.1) is 5.56 Å². The van der Waals surface area contributed by atoms with Gasteiger partial charge in [0, 0.05) is 24.3 Å². The second kappa shape index (κ2) is 6.09. The minimum absolute atomic E-state index is 0.174. The number of hydrogen-bond donors (Lipinski definition) is 1. The van der Waals surface area contributed by atoms with E-state index in [1.807, 2.05) is 29.2 Å². The van der Waals surface area contributed by atoms with E-state index in [1.165, 1.54) is 0 Å². The van der Waals surface area contributed by atoms with E-state index in [0.29, 0.717) is 12.1 Å². The molecule has 1 amide bonds. The number of anilines is 1. The predicted molar refractivity (Wildman–Crippen MR) is 79.6 cm³/mol. The number of para-hydroxylation sites is 1. The summed E-state index contributed by atoms with van der Waals surface area (Å²) >= 11 is 0. The first-order valence-electron chi connectivity index (χ1n) is 7.30. The van der Waals surface area contributed by atoms with Crippen LogP contribution in [0.5, 0.6) is 0 Å². The fourth-order valence-electron chi connectivity index (χ4n) is 2.79. The zero-order valence-corrected chi connectivity index (χ0v) is 12.1. The molecule has 1 heterocycles. The fraction of sp³-hybridized carbons (Fsp3) is 0.562. The summed E-state index contributed by atoms with van der Waals surface area (Å²) in [6.45, 7) is 7.24. The summed E-state index contributed by atoms with van der Waals surface area (Å²) in [5.41, 5.74) is 1.75. The van der Waals surface area contributed by atoms with Crippen LogP contribution in [0, 0.1) is 0 Å². The van der Waals surface area contributed by atoms with Crippen LogP contribution >= 0.6 is 0 Å². The van der Waals surface area contributed by atoms with Crippen molar-refractivity contribution in [3.63, 3.8) is 0 Å². The fourth-order valence-corrected chi connectivity index (χ4v) is 2.79. The molecule has 0 bridgehead atoms. The zero-order valence-electron chi connectivity index (χ0n) is 12.1. The van der Waals surface area contributed by atoms with E-state index >= 15 is 0 Å². The average molecular weight is 260 g/mol. The van der Waals surface area contributed by atoms with Crippen LogP contribution in [0.2, 0.25) is 0 Å². The standard InChI is InChI=1S/C16H24N2O/c1-4-13-8-7-11-18(13)16(19)14-9-5-6-10-15(14)17-12(2)3/h5-6,9-10,12-13,17H,4,7-8,11H2,1-3H3. The molecule has 1 saturated heterocycles. The lowest BCUT2D eigenvalue weighted by Gasteiger charge is -2.25. The van der Waals surface area contributed by atoms with Crippen molar-refractivity contribution in [3.05, 3.63) is 29.8 Å². The van der Waals surface area contributed by atoms with Gasteiger partial charge in [-0.25, -0.2) is 0 Å². The number of likely N-dealkylation sites (tertiary alicyclic amines) is 1. The van der Waals surface area contributed by atoms with Crippen molar-refractivity contribution in [3.8, 4) is 0 Å². The van der Waals surface area contributed by atoms with Gasteiger partial charge in [-0.1, -0.05) is 19.1 Å². The molecule has 0 radical (unpaired) electrons. The summed E-state index contributed by atoms with van der Waals surface area (Å²) in [4.78, 5) is 14.7. The van der Waals surface area contributed by atoms with Gasteiger partial charge in [-0.05, 0) is 45.2 Å². The van der Waals surface area contributed by atoms with Crippen molar-refractivity contribution in [2.24, 2.45) is 0 Å². The molecule has 1 unspecified atom stereocenters. The summed E-state index contributed by atoms with van der Waals surface area (Å²) in [5, 5.41) is 3.36. The Bertz CT molecular complexity index is 442. The molecule has 0 aliphatic carbocycles. The van der Waals surface area contributed by atoms with E-state index in [1.54, 1.807) is 0 Å². The third-order valence-electron chi connectivity index (χ3n) is 3.71. The highest BCUT2D eigenvalue weighted by Crippen LogP contribution is 2.25. The summed E-state index contributed by atoms with van der Waals surface area (Å²) < 4.78 is 0. The number of amides is 1. The van der Waals surface area contributed by atoms with Crippen LogP contribution in [0.1, 0.15) is 50.4 Å². The number of carbonyl (C=O) groups excluding carboxylic acids is 1. The first-order chi connectivity index (χ1) is 9.13. The van der Waals surface area contributed by atoms with E-state index < -0.39 is 0 Å². The SMILES string of the molecule is CCC1CCCN1C(=O)c1ccccc1NC(C)C. The number of nitrogens with one attached hydrogen (secondary N) is 1. The molecule has 0 aromatic heterocycles. The summed E-state index contributed by atoms with van der Waals surface area (Å²) in [6, 6.07) is 8.58. The largest absolute Gasteiger partial charge is 0.382 e. The average Bonchev–Trinajstić information content (AvgIpc) is 2.86. The van der Waals surface area contributed by atoms with Gasteiger partial charge in [-0.15, -0.1) is 0 Å². The highest BCUT2D eigenvalue weighted by Gasteiger charge is 2.29. The van der Waals surface area contributed by atoms with Gasteiger partial charge in [-0.2, -0.15) is 0 Å². The molecule has 2 rings (SSSR count). The molecule has 3 heteroatoms. The summed E-state index contributed by atoms with van der Waals surface area (Å²) in [7, 11) is 0. The molecular weight excluding hydrogens is 236 g/mol. The second-order valence-electron chi connectivity index (χ2n) is 5.55. The number of carbonyl (C=O) groups is 1. The van der Waals surface area contributed by atoms with Gasteiger partial charge in [0.2, 0.25) is 0 Å². The molecule has 1 N–H and O–H groups in total. The lowest BCUT2D eigenvalue weighted by molar-refractivity contribution is 0.0734. The third-order valence-corrected chi connectivity index (χ3v) is 3.71. The van der Waals surface area contributed by atoms with Crippen LogP contribution in [0.3, 0.4) is 0 Å². The van der Waals surface area contributed by atoms with Crippen LogP contribution in [0.25, 0.3) is 0 Å². The Morgan fingerprint density at radius 3 is 2.84 bits per heavy atom. The van der Waals surface area contributed by atoms with Crippen LogP contribution in [-0.4, -0.2) is 29.4 Å². The first-order valence-corrected chi connectivity index (χ1v) is 7.30. The van der Waals surface area contributed by atoms with Gasteiger partial charge in [0.25, 0.3) is 5.91 Å². The van der Waals surface area contributed by atoms with Gasteiger partial charge >= 0.3 is 0 Å². The monoisotopic (exact) mass is 260 g/mol. The van der Waals surface area contributed by atoms with Crippen LogP contribution in [0.15, 0.2) is 24.3 Å². The Balaban J connectivity index is 2.23. The second-order valence-corrected chi connectivity index (χ2v) is 5.55. The van der Waals surface area contributed by atoms with Crippen LogP contribution in [-0.2, 0) is 0 Å². The summed E-state index contributed by atoms with van der Waals surface area (Å²) in [5.74, 6) is 0.174. The molecule has 1 aliphatic rings. The molecule has 1 aromatic rings. The number of benzene rings is 1. The quantitative estimate of drug-likeness (QED) is 0.898. The Morgan fingerprint density at radius 1 is 1.42 bits per heavy atom. The van der Waals surface area contributed by atoms with E-state index in [4.69, 9.17) is 0 Å². The van der Waals surface area contributed by atoms with Crippen molar-refractivity contribution in [2.45, 2.75) is 52.1 Å². The van der Waals surface area contributed by atoms with E-state index in [0.717, 1.165) is 37.1 Å². The molecule has 0 saturated carbocycles. The highest BCUT2D eigenvalue weighted by atomic mass is 16.2. The topological polar surface area (TPSA) is 32.3 Å². The van der Waals surface area contributed by atoms with Crippen LogP contribution < -0.4 is 5.32 Å². The van der Waals surface area contributed by atoms with Gasteiger partial charge in [0.15, 0.2) is 0 Å². The Morgan fingerprint density at radius 2 is 2.16 bits per heavy atom. The van der Waals surface area contributed by atoms with Crippen LogP contribution in [0.4, 0.5) is 5.69 Å². The van der Waals surface area contributed by atoms with E-state index in [9.17, 15) is 4.79 Å². The Labute approximate surface area is 116 Å². The number of rotatable bonds is 4. The summed E-state index contributed by atoms with van der Waals surface area (Å²) in [6.07, 6.45) is 3.32. The maximum atomic E-state index is 12.7. The zero-order chi connectivity index (χ0) is 13.8. The lowest BCUT2D eigenvalue weighted by Crippen LogP contribution is -2.35. The molecule has 3 nitrogen and oxygen atoms in total. The Kier molecular flexibility index (Phi) is 4.46. The molecule has 1 aromatic carbocycles. The van der Waals surface area contributed by atoms with Crippen molar-refractivity contribution in [2.75, 3.05) is 11.9 Å². The maximum Gasteiger partial charge on any atom is 0.256 e. The predicted octanol–water partition coefficient (Wildman–Crippen LogP) is 3.52. The Hall–Kier alpha value is -1.51. The molecule has 1 fully saturated rings. The number of hydrogen-bond acceptors (Lipinski definition) is 2. The lowest BCUT2D eigenvalue weighted by atomic mass is 10.1. The van der Waals surface area contributed by atoms with E-state index in [-0.39, 0.29) is 5.91 Å². The van der Waals surface area contributed by atoms with Crippen molar-refractivity contribution >= 4 is 11.6 Å². The van der Waals surface area contributed by atoms with Gasteiger partial charge in [0.1, 0.15) is 0 Å². The van der Waals surface area contributed by atoms with Gasteiger partial charge < -0.3 is 10.2 Å². The normalized spacial score (nSPS) is 18.9.